The molecule has 1 aliphatic heterocycles. The zero-order valence-corrected chi connectivity index (χ0v) is 11.5. The highest BCUT2D eigenvalue weighted by Crippen LogP contribution is 2.36. The van der Waals surface area contributed by atoms with Crippen molar-refractivity contribution in [2.24, 2.45) is 0 Å². The SMILES string of the molecule is O=C1CC(c2ccc(Cl)cc2Cl)Nc2ccccc21. The Balaban J connectivity index is 1.99. The fraction of sp³-hybridized carbons (Fsp3) is 0.133. The number of para-hydroxylation sites is 1. The zero-order valence-electron chi connectivity index (χ0n) is 9.99. The van der Waals surface area contributed by atoms with Gasteiger partial charge in [-0.25, -0.2) is 0 Å². The molecule has 0 aromatic heterocycles. The second-order valence-electron chi connectivity index (χ2n) is 4.54. The van der Waals surface area contributed by atoms with Crippen LogP contribution >= 0.6 is 23.2 Å². The predicted molar refractivity (Wildman–Crippen MR) is 78.2 cm³/mol. The van der Waals surface area contributed by atoms with Gasteiger partial charge in [-0.15, -0.1) is 0 Å². The third-order valence-corrected chi connectivity index (χ3v) is 3.85. The topological polar surface area (TPSA) is 29.1 Å². The van der Waals surface area contributed by atoms with Crippen molar-refractivity contribution in [3.63, 3.8) is 0 Å². The van der Waals surface area contributed by atoms with E-state index in [-0.39, 0.29) is 11.8 Å². The van der Waals surface area contributed by atoms with Crippen LogP contribution in [0.3, 0.4) is 0 Å². The second kappa shape index (κ2) is 4.87. The standard InChI is InChI=1S/C15H11Cl2NO/c16-9-5-6-10(12(17)7-9)14-8-15(19)11-3-1-2-4-13(11)18-14/h1-7,14,18H,8H2. The Bertz CT molecular complexity index is 654. The molecule has 96 valence electrons. The molecule has 0 bridgehead atoms. The summed E-state index contributed by atoms with van der Waals surface area (Å²) in [5.74, 6) is 0.130. The third-order valence-electron chi connectivity index (χ3n) is 3.28. The second-order valence-corrected chi connectivity index (χ2v) is 5.38. The first kappa shape index (κ1) is 12.5. The van der Waals surface area contributed by atoms with Crippen LogP contribution in [-0.4, -0.2) is 5.78 Å². The normalized spacial score (nSPS) is 17.8. The summed E-state index contributed by atoms with van der Waals surface area (Å²) < 4.78 is 0. The number of fused-ring (bicyclic) bond motifs is 1. The van der Waals surface area contributed by atoms with Crippen molar-refractivity contribution in [3.05, 3.63) is 63.6 Å². The van der Waals surface area contributed by atoms with Gasteiger partial charge < -0.3 is 5.32 Å². The molecule has 2 nitrogen and oxygen atoms in total. The fourth-order valence-corrected chi connectivity index (χ4v) is 2.90. The number of hydrogen-bond acceptors (Lipinski definition) is 2. The van der Waals surface area contributed by atoms with Crippen LogP contribution in [0.25, 0.3) is 0 Å². The van der Waals surface area contributed by atoms with Gasteiger partial charge in [0.05, 0.1) is 6.04 Å². The fourth-order valence-electron chi connectivity index (χ4n) is 2.36. The molecule has 19 heavy (non-hydrogen) atoms. The highest BCUT2D eigenvalue weighted by Gasteiger charge is 2.26. The lowest BCUT2D eigenvalue weighted by atomic mass is 9.92. The van der Waals surface area contributed by atoms with Crippen LogP contribution in [0.15, 0.2) is 42.5 Å². The summed E-state index contributed by atoms with van der Waals surface area (Å²) >= 11 is 12.1. The summed E-state index contributed by atoms with van der Waals surface area (Å²) in [6.45, 7) is 0. The average Bonchev–Trinajstić information content (AvgIpc) is 2.38. The molecule has 0 amide bonds. The van der Waals surface area contributed by atoms with Gasteiger partial charge in [-0.3, -0.25) is 4.79 Å². The largest absolute Gasteiger partial charge is 0.377 e. The quantitative estimate of drug-likeness (QED) is 0.823. The van der Waals surface area contributed by atoms with E-state index in [2.05, 4.69) is 5.32 Å². The van der Waals surface area contributed by atoms with E-state index in [9.17, 15) is 4.79 Å². The Labute approximate surface area is 121 Å². The highest BCUT2D eigenvalue weighted by atomic mass is 35.5. The van der Waals surface area contributed by atoms with Gasteiger partial charge >= 0.3 is 0 Å². The Morgan fingerprint density at radius 1 is 1.11 bits per heavy atom. The average molecular weight is 292 g/mol. The lowest BCUT2D eigenvalue weighted by Gasteiger charge is -2.27. The number of halogens is 2. The molecule has 1 unspecified atom stereocenters. The molecule has 0 saturated heterocycles. The van der Waals surface area contributed by atoms with Gasteiger partial charge in [-0.05, 0) is 29.8 Å². The number of hydrogen-bond donors (Lipinski definition) is 1. The number of Topliss-reactive ketones (excluding diaryl/α,β-unsaturated/α-hetero) is 1. The van der Waals surface area contributed by atoms with E-state index in [1.165, 1.54) is 0 Å². The van der Waals surface area contributed by atoms with E-state index < -0.39 is 0 Å². The Kier molecular flexibility index (Phi) is 3.21. The highest BCUT2D eigenvalue weighted by molar-refractivity contribution is 6.35. The van der Waals surface area contributed by atoms with Crippen molar-refractivity contribution >= 4 is 34.7 Å². The van der Waals surface area contributed by atoms with Gasteiger partial charge in [-0.2, -0.15) is 0 Å². The molecule has 3 rings (SSSR count). The monoisotopic (exact) mass is 291 g/mol. The Morgan fingerprint density at radius 3 is 2.68 bits per heavy atom. The van der Waals surface area contributed by atoms with E-state index >= 15 is 0 Å². The van der Waals surface area contributed by atoms with Gasteiger partial charge in [0.2, 0.25) is 0 Å². The number of ketones is 1. The third kappa shape index (κ3) is 2.34. The lowest BCUT2D eigenvalue weighted by Crippen LogP contribution is -2.22. The number of nitrogens with one attached hydrogen (secondary N) is 1. The molecule has 1 aliphatic rings. The number of carbonyl (C=O) groups excluding carboxylic acids is 1. The zero-order chi connectivity index (χ0) is 13.4. The molecule has 0 saturated carbocycles. The Morgan fingerprint density at radius 2 is 1.89 bits per heavy atom. The molecule has 4 heteroatoms. The maximum atomic E-state index is 12.1. The van der Waals surface area contributed by atoms with E-state index in [4.69, 9.17) is 23.2 Å². The first-order chi connectivity index (χ1) is 9.15. The molecular formula is C15H11Cl2NO. The van der Waals surface area contributed by atoms with Crippen molar-refractivity contribution in [1.29, 1.82) is 0 Å². The summed E-state index contributed by atoms with van der Waals surface area (Å²) in [5.41, 5.74) is 2.49. The maximum Gasteiger partial charge on any atom is 0.167 e. The molecule has 2 aromatic carbocycles. The minimum Gasteiger partial charge on any atom is -0.377 e. The van der Waals surface area contributed by atoms with Crippen molar-refractivity contribution in [2.45, 2.75) is 12.5 Å². The first-order valence-electron chi connectivity index (χ1n) is 5.99. The van der Waals surface area contributed by atoms with Gasteiger partial charge in [-0.1, -0.05) is 41.4 Å². The molecule has 0 aliphatic carbocycles. The molecule has 1 heterocycles. The molecule has 0 radical (unpaired) electrons. The molecular weight excluding hydrogens is 281 g/mol. The minimum atomic E-state index is -0.104. The van der Waals surface area contributed by atoms with Gasteiger partial charge in [0.25, 0.3) is 0 Å². The smallest absolute Gasteiger partial charge is 0.167 e. The van der Waals surface area contributed by atoms with Gasteiger partial charge in [0.15, 0.2) is 5.78 Å². The van der Waals surface area contributed by atoms with E-state index in [1.54, 1.807) is 12.1 Å². The molecule has 2 aromatic rings. The van der Waals surface area contributed by atoms with Crippen LogP contribution in [0.5, 0.6) is 0 Å². The summed E-state index contributed by atoms with van der Waals surface area (Å²) in [6.07, 6.45) is 0.401. The molecule has 0 spiro atoms. The van der Waals surface area contributed by atoms with Crippen LogP contribution in [0.4, 0.5) is 5.69 Å². The van der Waals surface area contributed by atoms with E-state index in [0.29, 0.717) is 16.5 Å². The first-order valence-corrected chi connectivity index (χ1v) is 6.74. The van der Waals surface area contributed by atoms with Crippen LogP contribution in [0.2, 0.25) is 10.0 Å². The molecule has 0 fully saturated rings. The number of benzene rings is 2. The summed E-state index contributed by atoms with van der Waals surface area (Å²) in [4.78, 5) is 12.1. The minimum absolute atomic E-state index is 0.104. The lowest BCUT2D eigenvalue weighted by molar-refractivity contribution is 0.0972. The van der Waals surface area contributed by atoms with Crippen LogP contribution in [-0.2, 0) is 0 Å². The van der Waals surface area contributed by atoms with Gasteiger partial charge in [0.1, 0.15) is 0 Å². The van der Waals surface area contributed by atoms with Crippen molar-refractivity contribution in [2.75, 3.05) is 5.32 Å². The van der Waals surface area contributed by atoms with Crippen molar-refractivity contribution in [3.8, 4) is 0 Å². The summed E-state index contributed by atoms with van der Waals surface area (Å²) in [6, 6.07) is 12.8. The summed E-state index contributed by atoms with van der Waals surface area (Å²) in [7, 11) is 0. The summed E-state index contributed by atoms with van der Waals surface area (Å²) in [5, 5.41) is 4.53. The number of anilines is 1. The molecule has 1 N–H and O–H groups in total. The molecule has 1 atom stereocenters. The van der Waals surface area contributed by atoms with E-state index in [0.717, 1.165) is 16.8 Å². The van der Waals surface area contributed by atoms with Crippen molar-refractivity contribution < 1.29 is 4.79 Å². The Hall–Kier alpha value is -1.51. The predicted octanol–water partition coefficient (Wildman–Crippen LogP) is 4.73. The maximum absolute atomic E-state index is 12.1. The van der Waals surface area contributed by atoms with Gasteiger partial charge in [0, 0.05) is 27.7 Å². The van der Waals surface area contributed by atoms with Crippen molar-refractivity contribution in [1.82, 2.24) is 0 Å². The van der Waals surface area contributed by atoms with Crippen LogP contribution < -0.4 is 5.32 Å². The number of rotatable bonds is 1. The van der Waals surface area contributed by atoms with Crippen LogP contribution in [0, 0.1) is 0 Å². The van der Waals surface area contributed by atoms with E-state index in [1.807, 2.05) is 30.3 Å². The number of carbonyl (C=O) groups is 1. The van der Waals surface area contributed by atoms with Crippen LogP contribution in [0.1, 0.15) is 28.4 Å².